The number of aromatic nitrogens is 1. The zero-order valence-corrected chi connectivity index (χ0v) is 9.02. The summed E-state index contributed by atoms with van der Waals surface area (Å²) < 4.78 is 0. The van der Waals surface area contributed by atoms with E-state index < -0.39 is 4.92 Å². The number of hydrogen-bond acceptors (Lipinski definition) is 4. The molecule has 5 heteroatoms. The smallest absolute Gasteiger partial charge is 0.369 e. The first kappa shape index (κ1) is 11.6. The van der Waals surface area contributed by atoms with Crippen LogP contribution >= 0.6 is 0 Å². The summed E-state index contributed by atoms with van der Waals surface area (Å²) in [4.78, 5) is 14.1. The molecule has 0 unspecified atom stereocenters. The highest BCUT2D eigenvalue weighted by Crippen LogP contribution is 2.24. The van der Waals surface area contributed by atoms with Gasteiger partial charge in [0.1, 0.15) is 0 Å². The molecule has 1 rings (SSSR count). The molecule has 0 bridgehead atoms. The number of nitrogens with zero attached hydrogens (tertiary/aromatic N) is 2. The highest BCUT2D eigenvalue weighted by molar-refractivity contribution is 5.35. The summed E-state index contributed by atoms with van der Waals surface area (Å²) in [7, 11) is 0. The number of pyridine rings is 1. The molecule has 1 aromatic heterocycles. The molecular weight excluding hydrogens is 196 g/mol. The number of nitro groups is 1. The van der Waals surface area contributed by atoms with Gasteiger partial charge >= 0.3 is 5.82 Å². The molecule has 82 valence electrons. The number of rotatable bonds is 2. The average molecular weight is 210 g/mol. The summed E-state index contributed by atoms with van der Waals surface area (Å²) in [6.07, 6.45) is 0. The lowest BCUT2D eigenvalue weighted by atomic mass is 9.91. The van der Waals surface area contributed by atoms with Gasteiger partial charge in [0.05, 0.1) is 12.2 Å². The van der Waals surface area contributed by atoms with Crippen LogP contribution in [0.5, 0.6) is 0 Å². The third-order valence-corrected chi connectivity index (χ3v) is 2.07. The molecule has 0 radical (unpaired) electrons. The lowest BCUT2D eigenvalue weighted by Crippen LogP contribution is -2.15. The SMILES string of the molecule is CC(C)(C)c1ccc(CO)c([N+](=O)[O-])n1. The van der Waals surface area contributed by atoms with Crippen LogP contribution in [-0.4, -0.2) is 15.0 Å². The van der Waals surface area contributed by atoms with Crippen LogP contribution in [0.1, 0.15) is 32.0 Å². The molecule has 1 aromatic rings. The Balaban J connectivity index is 3.28. The average Bonchev–Trinajstić information content (AvgIpc) is 2.15. The summed E-state index contributed by atoms with van der Waals surface area (Å²) in [5.74, 6) is -0.259. The number of aliphatic hydroxyl groups is 1. The highest BCUT2D eigenvalue weighted by atomic mass is 16.6. The first-order valence-electron chi connectivity index (χ1n) is 4.62. The maximum Gasteiger partial charge on any atom is 0.369 e. The fourth-order valence-corrected chi connectivity index (χ4v) is 1.18. The van der Waals surface area contributed by atoms with Crippen molar-refractivity contribution in [1.29, 1.82) is 0 Å². The minimum atomic E-state index is -0.569. The van der Waals surface area contributed by atoms with Crippen molar-refractivity contribution in [2.75, 3.05) is 0 Å². The Hall–Kier alpha value is -1.49. The molecule has 0 aromatic carbocycles. The zero-order valence-electron chi connectivity index (χ0n) is 9.02. The molecule has 0 saturated heterocycles. The van der Waals surface area contributed by atoms with E-state index >= 15 is 0 Å². The Kier molecular flexibility index (Phi) is 3.04. The minimum absolute atomic E-state index is 0.237. The van der Waals surface area contributed by atoms with Crippen molar-refractivity contribution in [3.05, 3.63) is 33.5 Å². The maximum atomic E-state index is 10.7. The van der Waals surface area contributed by atoms with Gasteiger partial charge in [0.15, 0.2) is 5.69 Å². The predicted octanol–water partition coefficient (Wildman–Crippen LogP) is 1.78. The molecule has 15 heavy (non-hydrogen) atoms. The summed E-state index contributed by atoms with van der Waals surface area (Å²) in [6.45, 7) is 5.42. The normalized spacial score (nSPS) is 11.5. The second-order valence-corrected chi connectivity index (χ2v) is 4.34. The highest BCUT2D eigenvalue weighted by Gasteiger charge is 2.24. The Morgan fingerprint density at radius 2 is 2.07 bits per heavy atom. The van der Waals surface area contributed by atoms with Crippen LogP contribution in [-0.2, 0) is 12.0 Å². The van der Waals surface area contributed by atoms with Crippen molar-refractivity contribution in [2.45, 2.75) is 32.8 Å². The van der Waals surface area contributed by atoms with Gasteiger partial charge in [-0.2, -0.15) is 0 Å². The van der Waals surface area contributed by atoms with E-state index in [9.17, 15) is 10.1 Å². The van der Waals surface area contributed by atoms with Gasteiger partial charge in [-0.15, -0.1) is 0 Å². The van der Waals surface area contributed by atoms with Crippen LogP contribution in [0, 0.1) is 10.1 Å². The maximum absolute atomic E-state index is 10.7. The van der Waals surface area contributed by atoms with Crippen LogP contribution in [0.15, 0.2) is 12.1 Å². The van der Waals surface area contributed by atoms with Crippen molar-refractivity contribution in [3.8, 4) is 0 Å². The van der Waals surface area contributed by atoms with Crippen molar-refractivity contribution in [1.82, 2.24) is 4.98 Å². The summed E-state index contributed by atoms with van der Waals surface area (Å²) >= 11 is 0. The minimum Gasteiger partial charge on any atom is -0.391 e. The van der Waals surface area contributed by atoms with E-state index in [0.717, 1.165) is 0 Å². The van der Waals surface area contributed by atoms with Crippen LogP contribution in [0.2, 0.25) is 0 Å². The molecule has 0 atom stereocenters. The molecule has 0 saturated carbocycles. The van der Waals surface area contributed by atoms with Crippen LogP contribution < -0.4 is 0 Å². The predicted molar refractivity (Wildman–Crippen MR) is 55.5 cm³/mol. The van der Waals surface area contributed by atoms with Crippen LogP contribution in [0.4, 0.5) is 5.82 Å². The monoisotopic (exact) mass is 210 g/mol. The second kappa shape index (κ2) is 3.94. The van der Waals surface area contributed by atoms with Crippen LogP contribution in [0.25, 0.3) is 0 Å². The molecule has 0 aliphatic rings. The fraction of sp³-hybridized carbons (Fsp3) is 0.500. The van der Waals surface area contributed by atoms with Crippen molar-refractivity contribution < 1.29 is 10.0 Å². The molecule has 0 aliphatic carbocycles. The Bertz CT molecular complexity index is 383. The first-order chi connectivity index (χ1) is 6.86. The van der Waals surface area contributed by atoms with E-state index in [1.54, 1.807) is 12.1 Å². The van der Waals surface area contributed by atoms with E-state index in [1.165, 1.54) is 0 Å². The van der Waals surface area contributed by atoms with Gasteiger partial charge in [-0.05, 0) is 22.0 Å². The van der Waals surface area contributed by atoms with Crippen molar-refractivity contribution in [2.24, 2.45) is 0 Å². The third kappa shape index (κ3) is 2.50. The van der Waals surface area contributed by atoms with Crippen LogP contribution in [0.3, 0.4) is 0 Å². The topological polar surface area (TPSA) is 76.3 Å². The molecule has 0 fully saturated rings. The third-order valence-electron chi connectivity index (χ3n) is 2.07. The molecule has 5 nitrogen and oxygen atoms in total. The van der Waals surface area contributed by atoms with E-state index in [0.29, 0.717) is 5.69 Å². The van der Waals surface area contributed by atoms with E-state index in [4.69, 9.17) is 5.11 Å². The van der Waals surface area contributed by atoms with Crippen molar-refractivity contribution in [3.63, 3.8) is 0 Å². The second-order valence-electron chi connectivity index (χ2n) is 4.34. The largest absolute Gasteiger partial charge is 0.391 e. The lowest BCUT2D eigenvalue weighted by molar-refractivity contribution is -0.390. The van der Waals surface area contributed by atoms with Gasteiger partial charge in [-0.25, -0.2) is 0 Å². The standard InChI is InChI=1S/C10H14N2O3/c1-10(2,3)8-5-4-7(6-13)9(11-8)12(14)15/h4-5,13H,6H2,1-3H3. The van der Waals surface area contributed by atoms with Gasteiger partial charge in [0.25, 0.3) is 0 Å². The number of aliphatic hydroxyl groups excluding tert-OH is 1. The first-order valence-corrected chi connectivity index (χ1v) is 4.62. The Morgan fingerprint density at radius 3 is 2.47 bits per heavy atom. The molecule has 0 spiro atoms. The summed E-state index contributed by atoms with van der Waals surface area (Å²) in [6, 6.07) is 3.25. The lowest BCUT2D eigenvalue weighted by Gasteiger charge is -2.13. The quantitative estimate of drug-likeness (QED) is 0.596. The van der Waals surface area contributed by atoms with E-state index in [2.05, 4.69) is 4.98 Å². The molecule has 1 N–H and O–H groups in total. The fourth-order valence-electron chi connectivity index (χ4n) is 1.18. The summed E-state index contributed by atoms with van der Waals surface area (Å²) in [5.41, 5.74) is 0.651. The Labute approximate surface area is 87.9 Å². The molecular formula is C10H14N2O3. The van der Waals surface area contributed by atoms with E-state index in [1.807, 2.05) is 20.8 Å². The van der Waals surface area contributed by atoms with Gasteiger partial charge < -0.3 is 15.2 Å². The zero-order chi connectivity index (χ0) is 11.6. The number of hydrogen-bond donors (Lipinski definition) is 1. The van der Waals surface area contributed by atoms with Crippen molar-refractivity contribution >= 4 is 5.82 Å². The van der Waals surface area contributed by atoms with Gasteiger partial charge in [-0.3, -0.25) is 0 Å². The summed E-state index contributed by atoms with van der Waals surface area (Å²) in [5, 5.41) is 19.6. The molecule has 1 heterocycles. The van der Waals surface area contributed by atoms with E-state index in [-0.39, 0.29) is 23.4 Å². The Morgan fingerprint density at radius 1 is 1.47 bits per heavy atom. The molecule has 0 aliphatic heterocycles. The molecule has 0 amide bonds. The van der Waals surface area contributed by atoms with Gasteiger partial charge in [0.2, 0.25) is 0 Å². The van der Waals surface area contributed by atoms with Gasteiger partial charge in [0, 0.05) is 5.41 Å². The van der Waals surface area contributed by atoms with Gasteiger partial charge in [-0.1, -0.05) is 20.8 Å².